The highest BCUT2D eigenvalue weighted by Crippen LogP contribution is 2.30. The van der Waals surface area contributed by atoms with E-state index < -0.39 is 0 Å². The van der Waals surface area contributed by atoms with Crippen LogP contribution >= 0.6 is 0 Å². The molecule has 0 unspecified atom stereocenters. The second-order valence-corrected chi connectivity index (χ2v) is 8.89. The van der Waals surface area contributed by atoms with Gasteiger partial charge in [-0.3, -0.25) is 19.5 Å². The maximum Gasteiger partial charge on any atom is 0.246 e. The number of imidazole rings is 1. The molecule has 3 aromatic rings. The second-order valence-electron chi connectivity index (χ2n) is 8.89. The molecule has 1 heterocycles. The number of benzene rings is 2. The zero-order valence-electron chi connectivity index (χ0n) is 19.6. The molecule has 2 amide bonds. The molecular formula is C26H29FN4O3. The number of rotatable bonds is 9. The molecule has 0 atom stereocenters. The van der Waals surface area contributed by atoms with E-state index in [0.29, 0.717) is 29.8 Å². The number of hydrogen-bond acceptors (Lipinski definition) is 4. The van der Waals surface area contributed by atoms with Crippen LogP contribution in [0.1, 0.15) is 26.7 Å². The number of halogens is 1. The van der Waals surface area contributed by atoms with Gasteiger partial charge in [0.25, 0.3) is 0 Å². The molecule has 8 heteroatoms. The summed E-state index contributed by atoms with van der Waals surface area (Å²) < 4.78 is 20.4. The third-order valence-corrected chi connectivity index (χ3v) is 5.76. The van der Waals surface area contributed by atoms with Crippen molar-refractivity contribution in [3.63, 3.8) is 0 Å². The number of amides is 2. The monoisotopic (exact) mass is 464 g/mol. The van der Waals surface area contributed by atoms with Crippen molar-refractivity contribution in [3.8, 4) is 22.7 Å². The topological polar surface area (TPSA) is 76.5 Å². The predicted molar refractivity (Wildman–Crippen MR) is 128 cm³/mol. The molecule has 4 rings (SSSR count). The number of ether oxygens (including phenoxy) is 1. The summed E-state index contributed by atoms with van der Waals surface area (Å²) in [5.74, 6) is 0.583. The maximum atomic E-state index is 13.5. The van der Waals surface area contributed by atoms with E-state index in [1.165, 1.54) is 12.1 Å². The smallest absolute Gasteiger partial charge is 0.246 e. The first-order valence-electron chi connectivity index (χ1n) is 11.4. The molecule has 2 aromatic carbocycles. The minimum absolute atomic E-state index is 0.0390. The normalized spacial score (nSPS) is 13.1. The number of aromatic nitrogens is 2. The van der Waals surface area contributed by atoms with Gasteiger partial charge < -0.3 is 9.64 Å². The number of nitrogens with one attached hydrogen (secondary N) is 1. The summed E-state index contributed by atoms with van der Waals surface area (Å²) in [6.07, 6.45) is 3.96. The Morgan fingerprint density at radius 1 is 1.15 bits per heavy atom. The van der Waals surface area contributed by atoms with E-state index in [1.807, 2.05) is 38.1 Å². The van der Waals surface area contributed by atoms with Crippen molar-refractivity contribution >= 4 is 17.8 Å². The van der Waals surface area contributed by atoms with Gasteiger partial charge in [0.1, 0.15) is 11.6 Å². The average Bonchev–Trinajstić information content (AvgIpc) is 3.56. The number of nitrogens with zero attached hydrogens (tertiary/aromatic N) is 3. The van der Waals surface area contributed by atoms with Gasteiger partial charge in [-0.25, -0.2) is 9.37 Å². The third kappa shape index (κ3) is 5.62. The van der Waals surface area contributed by atoms with Gasteiger partial charge >= 0.3 is 0 Å². The second kappa shape index (κ2) is 10.1. The number of carbonyl (C=O) groups is 2. The van der Waals surface area contributed by atoms with E-state index in [2.05, 4.69) is 10.3 Å². The van der Waals surface area contributed by atoms with Gasteiger partial charge in [0.2, 0.25) is 17.8 Å². The number of hydrogen-bond donors (Lipinski definition) is 1. The van der Waals surface area contributed by atoms with Crippen molar-refractivity contribution in [1.29, 1.82) is 0 Å². The number of methoxy groups -OCH3 is 1. The van der Waals surface area contributed by atoms with E-state index in [1.54, 1.807) is 34.9 Å². The quantitative estimate of drug-likeness (QED) is 0.505. The standard InChI is InChI=1S/C26H29FN4O3/c1-17(2)25(33)30(14-18-4-5-18)16-24(32)29-26-28-23(19-6-12-22(34-3)13-7-19)15-31(26)21-10-8-20(27)9-11-21/h6-13,15,17-18H,4-5,14,16H2,1-3H3,(H,28,29,32). The molecule has 1 aliphatic rings. The van der Waals surface area contributed by atoms with Crippen LogP contribution in [-0.2, 0) is 9.59 Å². The lowest BCUT2D eigenvalue weighted by Gasteiger charge is -2.24. The highest BCUT2D eigenvalue weighted by Gasteiger charge is 2.29. The van der Waals surface area contributed by atoms with Crippen molar-refractivity contribution in [2.75, 3.05) is 25.5 Å². The van der Waals surface area contributed by atoms with Crippen molar-refractivity contribution < 1.29 is 18.7 Å². The van der Waals surface area contributed by atoms with E-state index >= 15 is 0 Å². The third-order valence-electron chi connectivity index (χ3n) is 5.76. The number of carbonyl (C=O) groups excluding carboxylic acids is 2. The minimum Gasteiger partial charge on any atom is -0.497 e. The molecule has 1 aromatic heterocycles. The molecule has 34 heavy (non-hydrogen) atoms. The first-order valence-corrected chi connectivity index (χ1v) is 11.4. The van der Waals surface area contributed by atoms with Gasteiger partial charge in [-0.15, -0.1) is 0 Å². The van der Waals surface area contributed by atoms with E-state index in [4.69, 9.17) is 4.74 Å². The van der Waals surface area contributed by atoms with Crippen molar-refractivity contribution in [1.82, 2.24) is 14.5 Å². The molecule has 1 aliphatic carbocycles. The van der Waals surface area contributed by atoms with Crippen molar-refractivity contribution in [3.05, 3.63) is 60.5 Å². The zero-order valence-corrected chi connectivity index (χ0v) is 19.6. The SMILES string of the molecule is COc1ccc(-c2cn(-c3ccc(F)cc3)c(NC(=O)CN(CC3CC3)C(=O)C(C)C)n2)cc1. The summed E-state index contributed by atoms with van der Waals surface area (Å²) in [6, 6.07) is 13.4. The molecule has 178 valence electrons. The minimum atomic E-state index is -0.354. The first-order chi connectivity index (χ1) is 16.3. The van der Waals surface area contributed by atoms with Crippen molar-refractivity contribution in [2.24, 2.45) is 11.8 Å². The van der Waals surface area contributed by atoms with E-state index in [9.17, 15) is 14.0 Å². The van der Waals surface area contributed by atoms with Gasteiger partial charge in [-0.1, -0.05) is 13.8 Å². The van der Waals surface area contributed by atoms with Crippen LogP contribution in [0, 0.1) is 17.7 Å². The van der Waals surface area contributed by atoms with Crippen LogP contribution in [0.2, 0.25) is 0 Å². The summed E-state index contributed by atoms with van der Waals surface area (Å²) in [7, 11) is 1.60. The first kappa shape index (κ1) is 23.5. The van der Waals surface area contributed by atoms with E-state index in [0.717, 1.165) is 24.2 Å². The molecule has 0 saturated heterocycles. The largest absolute Gasteiger partial charge is 0.497 e. The molecule has 0 radical (unpaired) electrons. The molecule has 7 nitrogen and oxygen atoms in total. The fraction of sp³-hybridized carbons (Fsp3) is 0.346. The average molecular weight is 465 g/mol. The van der Waals surface area contributed by atoms with Crippen LogP contribution in [0.3, 0.4) is 0 Å². The summed E-state index contributed by atoms with van der Waals surface area (Å²) in [4.78, 5) is 31.9. The van der Waals surface area contributed by atoms with Crippen LogP contribution in [0.4, 0.5) is 10.3 Å². The number of anilines is 1. The van der Waals surface area contributed by atoms with Gasteiger partial charge in [0.15, 0.2) is 0 Å². The van der Waals surface area contributed by atoms with Crippen LogP contribution < -0.4 is 10.1 Å². The molecular weight excluding hydrogens is 435 g/mol. The maximum absolute atomic E-state index is 13.5. The lowest BCUT2D eigenvalue weighted by molar-refractivity contribution is -0.137. The Morgan fingerprint density at radius 2 is 1.82 bits per heavy atom. The summed E-state index contributed by atoms with van der Waals surface area (Å²) >= 11 is 0. The summed E-state index contributed by atoms with van der Waals surface area (Å²) in [5, 5.41) is 2.85. The molecule has 1 N–H and O–H groups in total. The fourth-order valence-corrected chi connectivity index (χ4v) is 3.72. The summed E-state index contributed by atoms with van der Waals surface area (Å²) in [5.41, 5.74) is 2.12. The van der Waals surface area contributed by atoms with Gasteiger partial charge in [0.05, 0.1) is 19.3 Å². The van der Waals surface area contributed by atoms with Crippen molar-refractivity contribution in [2.45, 2.75) is 26.7 Å². The van der Waals surface area contributed by atoms with Crippen LogP contribution in [0.5, 0.6) is 5.75 Å². The Bertz CT molecular complexity index is 1150. The molecule has 1 fully saturated rings. The highest BCUT2D eigenvalue weighted by molar-refractivity contribution is 5.94. The van der Waals surface area contributed by atoms with Crippen LogP contribution in [0.25, 0.3) is 16.9 Å². The Morgan fingerprint density at radius 3 is 2.41 bits per heavy atom. The Hall–Kier alpha value is -3.68. The van der Waals surface area contributed by atoms with Gasteiger partial charge in [0, 0.05) is 29.9 Å². The predicted octanol–water partition coefficient (Wildman–Crippen LogP) is 4.52. The van der Waals surface area contributed by atoms with Crippen LogP contribution in [-0.4, -0.2) is 46.5 Å². The molecule has 1 saturated carbocycles. The Labute approximate surface area is 198 Å². The van der Waals surface area contributed by atoms with Gasteiger partial charge in [-0.05, 0) is 67.3 Å². The van der Waals surface area contributed by atoms with Gasteiger partial charge in [-0.2, -0.15) is 0 Å². The molecule has 0 aliphatic heterocycles. The molecule has 0 spiro atoms. The lowest BCUT2D eigenvalue weighted by Crippen LogP contribution is -2.41. The highest BCUT2D eigenvalue weighted by atomic mass is 19.1. The van der Waals surface area contributed by atoms with E-state index in [-0.39, 0.29) is 30.1 Å². The molecule has 0 bridgehead atoms. The van der Waals surface area contributed by atoms with Crippen LogP contribution in [0.15, 0.2) is 54.7 Å². The fourth-order valence-electron chi connectivity index (χ4n) is 3.72. The zero-order chi connectivity index (χ0) is 24.2. The lowest BCUT2D eigenvalue weighted by atomic mass is 10.1. The Kier molecular flexibility index (Phi) is 6.95. The summed E-state index contributed by atoms with van der Waals surface area (Å²) in [6.45, 7) is 4.22. The Balaban J connectivity index is 1.60.